The van der Waals surface area contributed by atoms with E-state index in [1.54, 1.807) is 12.1 Å². The van der Waals surface area contributed by atoms with Gasteiger partial charge in [-0.15, -0.1) is 0 Å². The van der Waals surface area contributed by atoms with Crippen LogP contribution >= 0.6 is 0 Å². The second-order valence-electron chi connectivity index (χ2n) is 3.91. The Morgan fingerprint density at radius 1 is 1.41 bits per heavy atom. The molecule has 1 atom stereocenters. The molecular weight excluding hydrogens is 226 g/mol. The summed E-state index contributed by atoms with van der Waals surface area (Å²) in [5.74, 6) is 0. The summed E-state index contributed by atoms with van der Waals surface area (Å²) in [6.45, 7) is 1.97. The number of aliphatic hydroxyl groups is 1. The van der Waals surface area contributed by atoms with Crippen LogP contribution in [0.4, 0.5) is 20.2 Å². The van der Waals surface area contributed by atoms with Crippen LogP contribution in [-0.4, -0.2) is 17.8 Å². The molecule has 1 rings (SSSR count). The smallest absolute Gasteiger partial charge is 0.265 e. The minimum Gasteiger partial charge on any atom is -0.399 e. The number of nitrogens with two attached hydrogens (primary N) is 1. The lowest BCUT2D eigenvalue weighted by Gasteiger charge is -2.19. The van der Waals surface area contributed by atoms with Crippen LogP contribution < -0.4 is 11.1 Å². The fraction of sp³-hybridized carbons (Fsp3) is 0.500. The average Bonchev–Trinajstić information content (AvgIpc) is 2.30. The van der Waals surface area contributed by atoms with Gasteiger partial charge in [-0.3, -0.25) is 0 Å². The van der Waals surface area contributed by atoms with Crippen LogP contribution in [0.1, 0.15) is 31.8 Å². The minimum absolute atomic E-state index is 0.0128. The second-order valence-corrected chi connectivity index (χ2v) is 3.91. The number of halogens is 2. The molecular formula is C12H18F2N2O. The molecule has 0 radical (unpaired) electrons. The topological polar surface area (TPSA) is 58.3 Å². The molecule has 0 saturated carbocycles. The van der Waals surface area contributed by atoms with Crippen LogP contribution in [0.3, 0.4) is 0 Å². The molecule has 96 valence electrons. The largest absolute Gasteiger partial charge is 0.399 e. The van der Waals surface area contributed by atoms with Gasteiger partial charge in [0.05, 0.1) is 0 Å². The molecule has 0 saturated heterocycles. The molecule has 1 aromatic rings. The molecule has 0 heterocycles. The number of benzene rings is 1. The summed E-state index contributed by atoms with van der Waals surface area (Å²) in [4.78, 5) is 0. The lowest BCUT2D eigenvalue weighted by molar-refractivity contribution is 0.152. The van der Waals surface area contributed by atoms with Gasteiger partial charge in [-0.05, 0) is 31.0 Å². The molecule has 0 bridgehead atoms. The van der Waals surface area contributed by atoms with Crippen molar-refractivity contribution in [1.82, 2.24) is 0 Å². The van der Waals surface area contributed by atoms with Gasteiger partial charge in [0.2, 0.25) is 0 Å². The Bertz CT molecular complexity index is 358. The summed E-state index contributed by atoms with van der Waals surface area (Å²) in [5.41, 5.74) is 6.09. The monoisotopic (exact) mass is 244 g/mol. The van der Waals surface area contributed by atoms with Gasteiger partial charge in [-0.2, -0.15) is 0 Å². The zero-order valence-corrected chi connectivity index (χ0v) is 9.79. The Labute approximate surface area is 99.6 Å². The van der Waals surface area contributed by atoms with Crippen molar-refractivity contribution < 1.29 is 13.9 Å². The average molecular weight is 244 g/mol. The van der Waals surface area contributed by atoms with Crippen LogP contribution in [0.2, 0.25) is 0 Å². The highest BCUT2D eigenvalue weighted by molar-refractivity contribution is 5.59. The maximum absolute atomic E-state index is 12.8. The van der Waals surface area contributed by atoms with Crippen molar-refractivity contribution in [3.8, 4) is 0 Å². The minimum atomic E-state index is -2.56. The van der Waals surface area contributed by atoms with E-state index in [2.05, 4.69) is 5.32 Å². The summed E-state index contributed by atoms with van der Waals surface area (Å²) in [6.07, 6.45) is -1.27. The highest BCUT2D eigenvalue weighted by Crippen LogP contribution is 2.29. The molecule has 0 fully saturated rings. The fourth-order valence-corrected chi connectivity index (χ4v) is 1.65. The van der Waals surface area contributed by atoms with E-state index in [9.17, 15) is 8.78 Å². The van der Waals surface area contributed by atoms with E-state index in [0.29, 0.717) is 17.8 Å². The molecule has 0 aliphatic carbocycles. The van der Waals surface area contributed by atoms with Gasteiger partial charge in [0.1, 0.15) is 0 Å². The van der Waals surface area contributed by atoms with Crippen LogP contribution in [0.25, 0.3) is 0 Å². The number of aliphatic hydroxyl groups excluding tert-OH is 1. The van der Waals surface area contributed by atoms with Gasteiger partial charge in [0.15, 0.2) is 0 Å². The third-order valence-corrected chi connectivity index (χ3v) is 2.64. The maximum atomic E-state index is 12.8. The normalized spacial score (nSPS) is 12.8. The Morgan fingerprint density at radius 3 is 2.65 bits per heavy atom. The summed E-state index contributed by atoms with van der Waals surface area (Å²) < 4.78 is 25.6. The van der Waals surface area contributed by atoms with E-state index in [0.717, 1.165) is 6.42 Å². The van der Waals surface area contributed by atoms with Gasteiger partial charge in [-0.25, -0.2) is 8.78 Å². The standard InChI is InChI=1S/C12H18F2N2O/c1-2-9(5-6-17)16-11-4-3-8(15)7-10(11)12(13)14/h3-4,7,9,12,16-17H,2,5-6,15H2,1H3. The molecule has 4 N–H and O–H groups in total. The summed E-state index contributed by atoms with van der Waals surface area (Å²) in [6, 6.07) is 4.40. The van der Waals surface area contributed by atoms with Crippen LogP contribution in [0.5, 0.6) is 0 Å². The van der Waals surface area contributed by atoms with Gasteiger partial charge in [0, 0.05) is 29.6 Å². The summed E-state index contributed by atoms with van der Waals surface area (Å²) >= 11 is 0. The number of nitrogen functional groups attached to an aromatic ring is 1. The van der Waals surface area contributed by atoms with Gasteiger partial charge in [-0.1, -0.05) is 6.92 Å². The molecule has 0 spiro atoms. The second kappa shape index (κ2) is 6.39. The van der Waals surface area contributed by atoms with Crippen molar-refractivity contribution in [1.29, 1.82) is 0 Å². The molecule has 17 heavy (non-hydrogen) atoms. The van der Waals surface area contributed by atoms with E-state index in [4.69, 9.17) is 10.8 Å². The van der Waals surface area contributed by atoms with Crippen LogP contribution in [0, 0.1) is 0 Å². The Hall–Kier alpha value is -1.36. The number of hydrogen-bond donors (Lipinski definition) is 3. The molecule has 3 nitrogen and oxygen atoms in total. The molecule has 0 amide bonds. The van der Waals surface area contributed by atoms with E-state index in [1.807, 2.05) is 6.92 Å². The first-order valence-electron chi connectivity index (χ1n) is 5.63. The zero-order valence-electron chi connectivity index (χ0n) is 9.79. The number of nitrogens with one attached hydrogen (secondary N) is 1. The van der Waals surface area contributed by atoms with Crippen molar-refractivity contribution >= 4 is 11.4 Å². The lowest BCUT2D eigenvalue weighted by atomic mass is 10.1. The molecule has 0 aliphatic rings. The molecule has 1 aromatic carbocycles. The fourth-order valence-electron chi connectivity index (χ4n) is 1.65. The first kappa shape index (κ1) is 13.7. The number of rotatable bonds is 6. The Balaban J connectivity index is 2.88. The van der Waals surface area contributed by atoms with Crippen molar-refractivity contribution in [2.75, 3.05) is 17.7 Å². The lowest BCUT2D eigenvalue weighted by Crippen LogP contribution is -2.20. The zero-order chi connectivity index (χ0) is 12.8. The van der Waals surface area contributed by atoms with Gasteiger partial charge < -0.3 is 16.2 Å². The summed E-state index contributed by atoms with van der Waals surface area (Å²) in [7, 11) is 0. The Kier molecular flexibility index (Phi) is 5.15. The predicted molar refractivity (Wildman–Crippen MR) is 65.2 cm³/mol. The molecule has 1 unspecified atom stereocenters. The predicted octanol–water partition coefficient (Wildman–Crippen LogP) is 2.78. The van der Waals surface area contributed by atoms with E-state index in [-0.39, 0.29) is 18.2 Å². The molecule has 0 aromatic heterocycles. The van der Waals surface area contributed by atoms with Gasteiger partial charge in [0.25, 0.3) is 6.43 Å². The third-order valence-electron chi connectivity index (χ3n) is 2.64. The highest BCUT2D eigenvalue weighted by Gasteiger charge is 2.15. The summed E-state index contributed by atoms with van der Waals surface area (Å²) in [5, 5.41) is 11.9. The number of hydrogen-bond acceptors (Lipinski definition) is 3. The van der Waals surface area contributed by atoms with E-state index < -0.39 is 6.43 Å². The quantitative estimate of drug-likeness (QED) is 0.674. The number of anilines is 2. The first-order chi connectivity index (χ1) is 8.08. The first-order valence-corrected chi connectivity index (χ1v) is 5.63. The van der Waals surface area contributed by atoms with E-state index in [1.165, 1.54) is 6.07 Å². The van der Waals surface area contributed by atoms with Crippen molar-refractivity contribution in [3.05, 3.63) is 23.8 Å². The SMILES string of the molecule is CCC(CCO)Nc1ccc(N)cc1C(F)F. The number of alkyl halides is 2. The highest BCUT2D eigenvalue weighted by atomic mass is 19.3. The Morgan fingerprint density at radius 2 is 2.12 bits per heavy atom. The van der Waals surface area contributed by atoms with Crippen LogP contribution in [0.15, 0.2) is 18.2 Å². The van der Waals surface area contributed by atoms with Crippen molar-refractivity contribution in [3.63, 3.8) is 0 Å². The molecule has 5 heteroatoms. The molecule has 0 aliphatic heterocycles. The van der Waals surface area contributed by atoms with Crippen molar-refractivity contribution in [2.24, 2.45) is 0 Å². The maximum Gasteiger partial charge on any atom is 0.265 e. The van der Waals surface area contributed by atoms with E-state index >= 15 is 0 Å². The van der Waals surface area contributed by atoms with Gasteiger partial charge >= 0.3 is 0 Å². The van der Waals surface area contributed by atoms with Crippen LogP contribution in [-0.2, 0) is 0 Å². The van der Waals surface area contributed by atoms with Crippen molar-refractivity contribution in [2.45, 2.75) is 32.2 Å². The third kappa shape index (κ3) is 3.85.